The van der Waals surface area contributed by atoms with Crippen LogP contribution in [0.2, 0.25) is 0 Å². The molecule has 1 atom stereocenters. The van der Waals surface area contributed by atoms with E-state index in [1.54, 1.807) is 53.8 Å². The summed E-state index contributed by atoms with van der Waals surface area (Å²) >= 11 is 0. The predicted molar refractivity (Wildman–Crippen MR) is 191 cm³/mol. The second-order valence-electron chi connectivity index (χ2n) is 13.3. The van der Waals surface area contributed by atoms with E-state index < -0.39 is 23.4 Å². The van der Waals surface area contributed by atoms with E-state index in [1.165, 1.54) is 5.56 Å². The fourth-order valence-electron chi connectivity index (χ4n) is 4.93. The van der Waals surface area contributed by atoms with Gasteiger partial charge >= 0.3 is 12.2 Å². The number of nitrogens with one attached hydrogen (secondary N) is 1. The summed E-state index contributed by atoms with van der Waals surface area (Å²) < 4.78 is 13.0. The monoisotopic (exact) mass is 650 g/mol. The lowest BCUT2D eigenvalue weighted by Crippen LogP contribution is -2.44. The van der Waals surface area contributed by atoms with Crippen LogP contribution in [0.5, 0.6) is 0 Å². The van der Waals surface area contributed by atoms with Gasteiger partial charge in [-0.05, 0) is 88.7 Å². The highest BCUT2D eigenvalue weighted by Crippen LogP contribution is 2.32. The molecule has 0 fully saturated rings. The average Bonchev–Trinajstić information content (AvgIpc) is 3.37. The fraction of sp³-hybridized carbons (Fsp3) is 0.342. The number of imide groups is 1. The number of hydrogen-bond acceptors (Lipinski definition) is 8. The smallest absolute Gasteiger partial charge is 0.425 e. The van der Waals surface area contributed by atoms with Crippen LogP contribution in [-0.4, -0.2) is 43.1 Å². The highest BCUT2D eigenvalue weighted by atomic mass is 16.6. The third-order valence-electron chi connectivity index (χ3n) is 7.00. The third kappa shape index (κ3) is 9.40. The number of ether oxygens (including phenoxy) is 2. The number of aromatic nitrogens is 4. The molecule has 2 amide bonds. The largest absolute Gasteiger partial charge is 0.443 e. The van der Waals surface area contributed by atoms with Gasteiger partial charge in [0.15, 0.2) is 17.5 Å². The normalized spacial score (nSPS) is 12.8. The van der Waals surface area contributed by atoms with Gasteiger partial charge in [0, 0.05) is 30.7 Å². The number of pyridine rings is 1. The van der Waals surface area contributed by atoms with Gasteiger partial charge in [0.2, 0.25) is 0 Å². The number of benzene rings is 2. The van der Waals surface area contributed by atoms with E-state index in [0.29, 0.717) is 17.6 Å². The topological polar surface area (TPSA) is 111 Å². The van der Waals surface area contributed by atoms with E-state index in [9.17, 15) is 9.59 Å². The van der Waals surface area contributed by atoms with Crippen molar-refractivity contribution < 1.29 is 19.1 Å². The van der Waals surface area contributed by atoms with Gasteiger partial charge in [-0.3, -0.25) is 4.68 Å². The number of nitrogens with zero attached hydrogens (tertiary/aromatic N) is 5. The van der Waals surface area contributed by atoms with Crippen molar-refractivity contribution in [1.82, 2.24) is 19.7 Å². The number of amides is 2. The summed E-state index contributed by atoms with van der Waals surface area (Å²) in [5.41, 5.74) is 1.35. The standard InChI is InChI=1S/C38H46N6O4/c1-10-12-13-14-15-19-31-41-34(43(9)42-31)32(28-18-16-17-26(11-2)24-28)40-29-20-21-30-27(25-29)22-23-39-33(30)44(35(45)47-37(3,4)5)36(46)48-38(6,7)8/h10,12-18,20-25,32,40H,1,11,19H2,2-9H3/b13-12-,15-14-. The van der Waals surface area contributed by atoms with Crippen LogP contribution in [0, 0.1) is 0 Å². The molecular weight excluding hydrogens is 604 g/mol. The number of fused-ring (bicyclic) bond motifs is 1. The Morgan fingerprint density at radius 1 is 0.979 bits per heavy atom. The van der Waals surface area contributed by atoms with Crippen molar-refractivity contribution in [2.75, 3.05) is 10.2 Å². The van der Waals surface area contributed by atoms with Gasteiger partial charge in [-0.2, -0.15) is 10.00 Å². The van der Waals surface area contributed by atoms with Crippen LogP contribution >= 0.6 is 0 Å². The zero-order chi connectivity index (χ0) is 35.1. The maximum Gasteiger partial charge on any atom is 0.425 e. The van der Waals surface area contributed by atoms with E-state index in [2.05, 4.69) is 48.1 Å². The summed E-state index contributed by atoms with van der Waals surface area (Å²) in [7, 11) is 1.89. The van der Waals surface area contributed by atoms with Gasteiger partial charge in [-0.1, -0.05) is 68.1 Å². The molecule has 4 aromatic rings. The van der Waals surface area contributed by atoms with Crippen LogP contribution in [0.4, 0.5) is 21.1 Å². The number of carbonyl (C=O) groups excluding carboxylic acids is 2. The molecule has 0 spiro atoms. The van der Waals surface area contributed by atoms with Crippen LogP contribution in [0.25, 0.3) is 10.8 Å². The first-order valence-corrected chi connectivity index (χ1v) is 16.0. The minimum atomic E-state index is -0.875. The highest BCUT2D eigenvalue weighted by molar-refractivity contribution is 6.14. The van der Waals surface area contributed by atoms with Crippen molar-refractivity contribution in [2.45, 2.75) is 78.6 Å². The van der Waals surface area contributed by atoms with Crippen LogP contribution in [0.3, 0.4) is 0 Å². The Hall–Kier alpha value is -5.25. The quantitative estimate of drug-likeness (QED) is 0.170. The van der Waals surface area contributed by atoms with Crippen LogP contribution in [-0.2, 0) is 29.4 Å². The van der Waals surface area contributed by atoms with Gasteiger partial charge in [-0.15, -0.1) is 0 Å². The molecule has 10 nitrogen and oxygen atoms in total. The van der Waals surface area contributed by atoms with E-state index in [1.807, 2.05) is 60.3 Å². The Bertz CT molecular complexity index is 1800. The summed E-state index contributed by atoms with van der Waals surface area (Å²) in [6.07, 6.45) is 10.7. The zero-order valence-corrected chi connectivity index (χ0v) is 29.2. The summed E-state index contributed by atoms with van der Waals surface area (Å²) in [5, 5.41) is 9.68. The summed E-state index contributed by atoms with van der Waals surface area (Å²) in [6, 6.07) is 15.6. The Balaban J connectivity index is 1.75. The molecular formula is C38H46N6O4. The molecule has 4 rings (SSSR count). The predicted octanol–water partition coefficient (Wildman–Crippen LogP) is 8.64. The van der Waals surface area contributed by atoms with Crippen LogP contribution < -0.4 is 10.2 Å². The summed E-state index contributed by atoms with van der Waals surface area (Å²) in [6.45, 7) is 16.2. The first kappa shape index (κ1) is 35.6. The molecule has 0 aliphatic rings. The fourth-order valence-corrected chi connectivity index (χ4v) is 4.93. The summed E-state index contributed by atoms with van der Waals surface area (Å²) in [4.78, 5) is 37.0. The number of allylic oxidation sites excluding steroid dienone is 5. The van der Waals surface area contributed by atoms with Crippen molar-refractivity contribution in [3.63, 3.8) is 0 Å². The van der Waals surface area contributed by atoms with E-state index in [0.717, 1.165) is 33.8 Å². The van der Waals surface area contributed by atoms with Gasteiger partial charge in [-0.25, -0.2) is 19.6 Å². The Kier molecular flexibility index (Phi) is 11.2. The van der Waals surface area contributed by atoms with Gasteiger partial charge in [0.05, 0.1) is 0 Å². The van der Waals surface area contributed by atoms with Gasteiger partial charge in [0.1, 0.15) is 17.2 Å². The molecule has 1 unspecified atom stereocenters. The molecule has 1 N–H and O–H groups in total. The SMILES string of the molecule is C=C/C=C\C=C/Cc1nc(C(Nc2ccc3c(N(C(=O)OC(C)(C)C)C(=O)OC(C)(C)C)nccc3c2)c2cccc(CC)c2)n(C)n1. The van der Waals surface area contributed by atoms with E-state index in [-0.39, 0.29) is 11.9 Å². The molecule has 0 bridgehead atoms. The molecule has 48 heavy (non-hydrogen) atoms. The number of rotatable bonds is 10. The number of hydrogen-bond donors (Lipinski definition) is 1. The minimum absolute atomic E-state index is 0.115. The van der Waals surface area contributed by atoms with Crippen LogP contribution in [0.15, 0.2) is 91.7 Å². The van der Waals surface area contributed by atoms with Crippen molar-refractivity contribution >= 4 is 34.5 Å². The molecule has 2 aromatic heterocycles. The average molecular weight is 651 g/mol. The lowest BCUT2D eigenvalue weighted by molar-refractivity contribution is 0.0429. The Morgan fingerprint density at radius 2 is 1.69 bits per heavy atom. The number of carbonyl (C=O) groups is 2. The number of aryl methyl sites for hydroxylation is 2. The molecule has 252 valence electrons. The Morgan fingerprint density at radius 3 is 2.33 bits per heavy atom. The van der Waals surface area contributed by atoms with Crippen molar-refractivity contribution in [1.29, 1.82) is 0 Å². The Labute approximate surface area is 283 Å². The first-order valence-electron chi connectivity index (χ1n) is 16.0. The molecule has 2 heterocycles. The van der Waals surface area contributed by atoms with E-state index >= 15 is 0 Å². The molecule has 0 saturated carbocycles. The second kappa shape index (κ2) is 15.1. The lowest BCUT2D eigenvalue weighted by atomic mass is 10.0. The minimum Gasteiger partial charge on any atom is -0.443 e. The van der Waals surface area contributed by atoms with Crippen molar-refractivity contribution in [2.24, 2.45) is 7.05 Å². The van der Waals surface area contributed by atoms with E-state index in [4.69, 9.17) is 19.6 Å². The van der Waals surface area contributed by atoms with Crippen molar-refractivity contribution in [3.05, 3.63) is 114 Å². The summed E-state index contributed by atoms with van der Waals surface area (Å²) in [5.74, 6) is 1.57. The number of anilines is 2. The van der Waals surface area contributed by atoms with Crippen LogP contribution in [0.1, 0.15) is 77.3 Å². The lowest BCUT2D eigenvalue weighted by Gasteiger charge is -2.28. The highest BCUT2D eigenvalue weighted by Gasteiger charge is 2.34. The molecule has 10 heteroatoms. The first-order chi connectivity index (χ1) is 22.7. The molecule has 0 saturated heterocycles. The second-order valence-corrected chi connectivity index (χ2v) is 13.3. The van der Waals surface area contributed by atoms with Crippen molar-refractivity contribution in [3.8, 4) is 0 Å². The molecule has 0 aliphatic heterocycles. The molecule has 2 aromatic carbocycles. The molecule has 0 aliphatic carbocycles. The third-order valence-corrected chi connectivity index (χ3v) is 7.00. The van der Waals surface area contributed by atoms with Gasteiger partial charge in [0.25, 0.3) is 0 Å². The van der Waals surface area contributed by atoms with Gasteiger partial charge < -0.3 is 14.8 Å². The maximum atomic E-state index is 13.4. The maximum absolute atomic E-state index is 13.4. The molecule has 0 radical (unpaired) electrons. The zero-order valence-electron chi connectivity index (χ0n) is 29.2.